The fraction of sp³-hybridized carbons (Fsp3) is 0.143. The third-order valence-corrected chi connectivity index (χ3v) is 4.39. The van der Waals surface area contributed by atoms with Crippen molar-refractivity contribution >= 4 is 31.7 Å². The number of sulfone groups is 1. The maximum Gasteiger partial charge on any atom is 0.253 e. The highest BCUT2D eigenvalue weighted by Crippen LogP contribution is 2.11. The van der Waals surface area contributed by atoms with Crippen molar-refractivity contribution in [2.45, 2.75) is 11.4 Å². The molecule has 0 spiro atoms. The van der Waals surface area contributed by atoms with Crippen LogP contribution < -0.4 is 5.32 Å². The molecule has 0 bridgehead atoms. The highest BCUT2D eigenvalue weighted by atomic mass is 79.9. The molecule has 2 aromatic rings. The molecular weight excluding hydrogens is 356 g/mol. The smallest absolute Gasteiger partial charge is 0.253 e. The molecule has 7 heteroatoms. The van der Waals surface area contributed by atoms with E-state index in [4.69, 9.17) is 0 Å². The van der Waals surface area contributed by atoms with Gasteiger partial charge in [0.05, 0.1) is 10.5 Å². The predicted octanol–water partition coefficient (Wildman–Crippen LogP) is 2.18. The molecule has 1 N–H and O–H groups in total. The molecule has 0 aliphatic carbocycles. The number of nitrogens with one attached hydrogen (secondary N) is 1. The zero-order valence-electron chi connectivity index (χ0n) is 11.2. The molecule has 0 fully saturated rings. The van der Waals surface area contributed by atoms with Gasteiger partial charge in [-0.3, -0.25) is 4.79 Å². The van der Waals surface area contributed by atoms with Crippen LogP contribution >= 0.6 is 15.9 Å². The van der Waals surface area contributed by atoms with Crippen LogP contribution in [0.4, 0.5) is 0 Å². The van der Waals surface area contributed by atoms with Crippen LogP contribution in [0.2, 0.25) is 0 Å². The van der Waals surface area contributed by atoms with Gasteiger partial charge in [0.2, 0.25) is 0 Å². The number of carbonyl (C=O) groups is 1. The van der Waals surface area contributed by atoms with E-state index >= 15 is 0 Å². The quantitative estimate of drug-likeness (QED) is 0.839. The number of hydrogen-bond donors (Lipinski definition) is 1. The minimum absolute atomic E-state index is 0.234. The first kappa shape index (κ1) is 15.7. The van der Waals surface area contributed by atoms with Gasteiger partial charge in [0.25, 0.3) is 5.91 Å². The first-order valence-electron chi connectivity index (χ1n) is 6.05. The van der Waals surface area contributed by atoms with Crippen molar-refractivity contribution in [1.82, 2.24) is 10.3 Å². The van der Waals surface area contributed by atoms with Crippen molar-refractivity contribution in [3.8, 4) is 0 Å². The van der Waals surface area contributed by atoms with Crippen LogP contribution in [0.25, 0.3) is 0 Å². The van der Waals surface area contributed by atoms with E-state index in [-0.39, 0.29) is 10.8 Å². The molecule has 0 aliphatic rings. The Morgan fingerprint density at radius 3 is 2.38 bits per heavy atom. The highest BCUT2D eigenvalue weighted by Gasteiger charge is 2.08. The summed E-state index contributed by atoms with van der Waals surface area (Å²) in [6.45, 7) is 0.318. The summed E-state index contributed by atoms with van der Waals surface area (Å²) in [7, 11) is -3.20. The normalized spacial score (nSPS) is 11.1. The average molecular weight is 369 g/mol. The second-order valence-electron chi connectivity index (χ2n) is 4.47. The SMILES string of the molecule is CS(=O)(=O)c1ccc(CNC(=O)c2ccc(Br)nc2)cc1. The minimum Gasteiger partial charge on any atom is -0.348 e. The van der Waals surface area contributed by atoms with Gasteiger partial charge in [-0.15, -0.1) is 0 Å². The summed E-state index contributed by atoms with van der Waals surface area (Å²) in [5, 5.41) is 2.75. The topological polar surface area (TPSA) is 76.1 Å². The van der Waals surface area contributed by atoms with E-state index in [0.29, 0.717) is 16.7 Å². The molecule has 21 heavy (non-hydrogen) atoms. The lowest BCUT2D eigenvalue weighted by atomic mass is 10.2. The van der Waals surface area contributed by atoms with Gasteiger partial charge in [-0.2, -0.15) is 0 Å². The summed E-state index contributed by atoms with van der Waals surface area (Å²) < 4.78 is 23.3. The van der Waals surface area contributed by atoms with Crippen molar-refractivity contribution in [3.05, 3.63) is 58.3 Å². The Hall–Kier alpha value is -1.73. The summed E-state index contributed by atoms with van der Waals surface area (Å²) in [5.74, 6) is -0.234. The number of amides is 1. The number of pyridine rings is 1. The van der Waals surface area contributed by atoms with Gasteiger partial charge in [-0.05, 0) is 45.8 Å². The Morgan fingerprint density at radius 2 is 1.86 bits per heavy atom. The molecule has 0 aliphatic heterocycles. The first-order chi connectivity index (χ1) is 9.86. The Kier molecular flexibility index (Phi) is 4.74. The molecule has 0 saturated heterocycles. The molecule has 0 saturated carbocycles. The minimum atomic E-state index is -3.20. The fourth-order valence-corrected chi connectivity index (χ4v) is 2.51. The molecule has 1 heterocycles. The van der Waals surface area contributed by atoms with Crippen LogP contribution in [0.5, 0.6) is 0 Å². The molecule has 5 nitrogen and oxygen atoms in total. The van der Waals surface area contributed by atoms with E-state index in [1.807, 2.05) is 0 Å². The number of benzene rings is 1. The Balaban J connectivity index is 2.00. The van der Waals surface area contributed by atoms with E-state index in [1.165, 1.54) is 18.3 Å². The van der Waals surface area contributed by atoms with Crippen LogP contribution in [-0.2, 0) is 16.4 Å². The summed E-state index contributed by atoms with van der Waals surface area (Å²) in [4.78, 5) is 16.1. The summed E-state index contributed by atoms with van der Waals surface area (Å²) >= 11 is 3.20. The largest absolute Gasteiger partial charge is 0.348 e. The van der Waals surface area contributed by atoms with Crippen molar-refractivity contribution in [2.75, 3.05) is 6.26 Å². The maximum atomic E-state index is 11.9. The number of hydrogen-bond acceptors (Lipinski definition) is 4. The maximum absolute atomic E-state index is 11.9. The van der Waals surface area contributed by atoms with E-state index < -0.39 is 9.84 Å². The van der Waals surface area contributed by atoms with E-state index in [2.05, 4.69) is 26.2 Å². The molecule has 110 valence electrons. The number of halogens is 1. The standard InChI is InChI=1S/C14H13BrN2O3S/c1-21(19,20)12-5-2-10(3-6-12)8-17-14(18)11-4-7-13(15)16-9-11/h2-7,9H,8H2,1H3,(H,17,18). The molecule has 0 unspecified atom stereocenters. The van der Waals surface area contributed by atoms with Crippen LogP contribution in [-0.4, -0.2) is 25.6 Å². The Morgan fingerprint density at radius 1 is 1.19 bits per heavy atom. The average Bonchev–Trinajstić information content (AvgIpc) is 2.45. The number of rotatable bonds is 4. The molecule has 0 radical (unpaired) electrons. The monoisotopic (exact) mass is 368 g/mol. The van der Waals surface area contributed by atoms with Crippen molar-refractivity contribution in [3.63, 3.8) is 0 Å². The molecule has 1 aromatic carbocycles. The van der Waals surface area contributed by atoms with Gasteiger partial charge >= 0.3 is 0 Å². The Labute approximate surface area is 131 Å². The summed E-state index contributed by atoms with van der Waals surface area (Å²) in [5.41, 5.74) is 1.28. The fourth-order valence-electron chi connectivity index (χ4n) is 1.65. The van der Waals surface area contributed by atoms with Crippen LogP contribution in [0, 0.1) is 0 Å². The Bertz CT molecular complexity index is 741. The van der Waals surface area contributed by atoms with E-state index in [1.54, 1.807) is 24.3 Å². The number of nitrogens with zero attached hydrogens (tertiary/aromatic N) is 1. The molecule has 2 rings (SSSR count). The summed E-state index contributed by atoms with van der Waals surface area (Å²) in [6.07, 6.45) is 2.64. The summed E-state index contributed by atoms with van der Waals surface area (Å²) in [6, 6.07) is 9.76. The second kappa shape index (κ2) is 6.36. The van der Waals surface area contributed by atoms with Crippen LogP contribution in [0.1, 0.15) is 15.9 Å². The van der Waals surface area contributed by atoms with E-state index in [9.17, 15) is 13.2 Å². The number of carbonyl (C=O) groups excluding carboxylic acids is 1. The van der Waals surface area contributed by atoms with Crippen molar-refractivity contribution in [2.24, 2.45) is 0 Å². The lowest BCUT2D eigenvalue weighted by Crippen LogP contribution is -2.22. The third-order valence-electron chi connectivity index (χ3n) is 2.79. The van der Waals surface area contributed by atoms with Crippen LogP contribution in [0.3, 0.4) is 0 Å². The molecule has 0 atom stereocenters. The van der Waals surface area contributed by atoms with Gasteiger partial charge in [0.1, 0.15) is 4.60 Å². The van der Waals surface area contributed by atoms with Gasteiger partial charge < -0.3 is 5.32 Å². The lowest BCUT2D eigenvalue weighted by Gasteiger charge is -2.06. The molecule has 1 aromatic heterocycles. The molecular formula is C14H13BrN2O3S. The zero-order chi connectivity index (χ0) is 15.5. The first-order valence-corrected chi connectivity index (χ1v) is 8.73. The van der Waals surface area contributed by atoms with Crippen molar-refractivity contribution < 1.29 is 13.2 Å². The zero-order valence-corrected chi connectivity index (χ0v) is 13.6. The highest BCUT2D eigenvalue weighted by molar-refractivity contribution is 9.10. The second-order valence-corrected chi connectivity index (χ2v) is 7.30. The third kappa shape index (κ3) is 4.37. The van der Waals surface area contributed by atoms with Gasteiger partial charge in [0, 0.05) is 19.0 Å². The lowest BCUT2D eigenvalue weighted by molar-refractivity contribution is 0.0950. The van der Waals surface area contributed by atoms with Crippen LogP contribution in [0.15, 0.2) is 52.1 Å². The van der Waals surface area contributed by atoms with Gasteiger partial charge in [-0.1, -0.05) is 12.1 Å². The van der Waals surface area contributed by atoms with Crippen molar-refractivity contribution in [1.29, 1.82) is 0 Å². The molecule has 1 amide bonds. The predicted molar refractivity (Wildman–Crippen MR) is 82.7 cm³/mol. The van der Waals surface area contributed by atoms with Gasteiger partial charge in [-0.25, -0.2) is 13.4 Å². The van der Waals surface area contributed by atoms with Gasteiger partial charge in [0.15, 0.2) is 9.84 Å². The van der Waals surface area contributed by atoms with E-state index in [0.717, 1.165) is 11.8 Å². The number of aromatic nitrogens is 1.